The fraction of sp³-hybridized carbons (Fsp3) is 0.643. The normalized spacial score (nSPS) is 22.1. The molecule has 0 aromatic carbocycles. The van der Waals surface area contributed by atoms with E-state index in [0.29, 0.717) is 26.2 Å². The number of methoxy groups -OCH3 is 1. The first-order valence-electron chi connectivity index (χ1n) is 6.84. The Bertz CT molecular complexity index is 458. The Balaban J connectivity index is 2.11. The van der Waals surface area contributed by atoms with E-state index in [-0.39, 0.29) is 5.91 Å². The van der Waals surface area contributed by atoms with Crippen molar-refractivity contribution in [3.8, 4) is 0 Å². The topological polar surface area (TPSA) is 41.6 Å². The zero-order valence-electron chi connectivity index (χ0n) is 11.9. The highest BCUT2D eigenvalue weighted by molar-refractivity contribution is 7.16. The summed E-state index contributed by atoms with van der Waals surface area (Å²) in [5.74, 6) is 0.177. The second kappa shape index (κ2) is 6.89. The lowest BCUT2D eigenvalue weighted by Crippen LogP contribution is -2.47. The number of halogens is 1. The molecule has 2 heterocycles. The van der Waals surface area contributed by atoms with Gasteiger partial charge < -0.3 is 15.0 Å². The Labute approximate surface area is 129 Å². The third kappa shape index (κ3) is 3.34. The van der Waals surface area contributed by atoms with Crippen LogP contribution in [0.25, 0.3) is 0 Å². The van der Waals surface area contributed by atoms with Gasteiger partial charge in [-0.1, -0.05) is 11.6 Å². The summed E-state index contributed by atoms with van der Waals surface area (Å²) in [6, 6.07) is 3.86. The average Bonchev–Trinajstić information content (AvgIpc) is 3.06. The number of amides is 1. The van der Waals surface area contributed by atoms with Gasteiger partial charge in [-0.15, -0.1) is 11.3 Å². The SMILES string of the molecule is CCN(Cc1ccc(Cl)s1)C(=O)C1(COC)CCNC1. The lowest BCUT2D eigenvalue weighted by Gasteiger charge is -2.32. The van der Waals surface area contributed by atoms with Crippen molar-refractivity contribution in [1.82, 2.24) is 10.2 Å². The summed E-state index contributed by atoms with van der Waals surface area (Å²) in [6.45, 7) is 5.37. The van der Waals surface area contributed by atoms with Gasteiger partial charge in [0.1, 0.15) is 0 Å². The van der Waals surface area contributed by atoms with Crippen LogP contribution in [0.1, 0.15) is 18.2 Å². The maximum Gasteiger partial charge on any atom is 0.232 e. The number of carbonyl (C=O) groups excluding carboxylic acids is 1. The van der Waals surface area contributed by atoms with Crippen LogP contribution in [-0.4, -0.2) is 44.2 Å². The second-order valence-corrected chi connectivity index (χ2v) is 6.96. The molecule has 0 radical (unpaired) electrons. The van der Waals surface area contributed by atoms with Gasteiger partial charge in [-0.25, -0.2) is 0 Å². The molecule has 1 fully saturated rings. The molecule has 1 aliphatic heterocycles. The van der Waals surface area contributed by atoms with E-state index in [4.69, 9.17) is 16.3 Å². The smallest absolute Gasteiger partial charge is 0.232 e. The molecule has 4 nitrogen and oxygen atoms in total. The minimum atomic E-state index is -0.411. The summed E-state index contributed by atoms with van der Waals surface area (Å²) >= 11 is 7.48. The molecule has 20 heavy (non-hydrogen) atoms. The molecule has 1 aromatic rings. The third-order valence-corrected chi connectivity index (χ3v) is 4.98. The quantitative estimate of drug-likeness (QED) is 0.876. The van der Waals surface area contributed by atoms with Crippen LogP contribution in [0.5, 0.6) is 0 Å². The first-order chi connectivity index (χ1) is 9.61. The molecule has 0 saturated carbocycles. The van der Waals surface area contributed by atoms with Crippen molar-refractivity contribution in [2.24, 2.45) is 5.41 Å². The predicted octanol–water partition coefficient (Wildman–Crippen LogP) is 2.38. The van der Waals surface area contributed by atoms with E-state index in [2.05, 4.69) is 5.32 Å². The summed E-state index contributed by atoms with van der Waals surface area (Å²) in [4.78, 5) is 15.9. The summed E-state index contributed by atoms with van der Waals surface area (Å²) in [6.07, 6.45) is 0.835. The van der Waals surface area contributed by atoms with Gasteiger partial charge in [-0.2, -0.15) is 0 Å². The number of carbonyl (C=O) groups is 1. The highest BCUT2D eigenvalue weighted by atomic mass is 35.5. The molecular formula is C14H21ClN2O2S. The van der Waals surface area contributed by atoms with Crippen LogP contribution in [0, 0.1) is 5.41 Å². The van der Waals surface area contributed by atoms with Crippen molar-refractivity contribution < 1.29 is 9.53 Å². The van der Waals surface area contributed by atoms with E-state index >= 15 is 0 Å². The van der Waals surface area contributed by atoms with Gasteiger partial charge >= 0.3 is 0 Å². The maximum absolute atomic E-state index is 12.9. The highest BCUT2D eigenvalue weighted by Gasteiger charge is 2.43. The maximum atomic E-state index is 12.9. The summed E-state index contributed by atoms with van der Waals surface area (Å²) in [5, 5.41) is 3.28. The van der Waals surface area contributed by atoms with Gasteiger partial charge in [0.05, 0.1) is 22.9 Å². The molecule has 112 valence electrons. The molecule has 0 bridgehead atoms. The van der Waals surface area contributed by atoms with Gasteiger partial charge in [0, 0.05) is 25.1 Å². The van der Waals surface area contributed by atoms with Crippen LogP contribution >= 0.6 is 22.9 Å². The van der Waals surface area contributed by atoms with E-state index in [9.17, 15) is 4.79 Å². The molecule has 1 N–H and O–H groups in total. The van der Waals surface area contributed by atoms with Crippen molar-refractivity contribution >= 4 is 28.8 Å². The third-order valence-electron chi connectivity index (χ3n) is 3.76. The van der Waals surface area contributed by atoms with Crippen LogP contribution in [0.4, 0.5) is 0 Å². The Hall–Kier alpha value is -0.620. The van der Waals surface area contributed by atoms with Crippen molar-refractivity contribution in [3.05, 3.63) is 21.3 Å². The molecule has 1 amide bonds. The zero-order valence-corrected chi connectivity index (χ0v) is 13.5. The van der Waals surface area contributed by atoms with Gasteiger partial charge in [-0.3, -0.25) is 4.79 Å². The van der Waals surface area contributed by atoms with E-state index in [1.54, 1.807) is 7.11 Å². The number of hydrogen-bond acceptors (Lipinski definition) is 4. The molecular weight excluding hydrogens is 296 g/mol. The van der Waals surface area contributed by atoms with Crippen LogP contribution in [-0.2, 0) is 16.1 Å². The number of ether oxygens (including phenoxy) is 1. The molecule has 1 saturated heterocycles. The molecule has 1 atom stereocenters. The van der Waals surface area contributed by atoms with Gasteiger partial charge in [0.25, 0.3) is 0 Å². The highest BCUT2D eigenvalue weighted by Crippen LogP contribution is 2.30. The number of thiophene rings is 1. The molecule has 1 aromatic heterocycles. The zero-order chi connectivity index (χ0) is 14.6. The number of nitrogens with one attached hydrogen (secondary N) is 1. The first-order valence-corrected chi connectivity index (χ1v) is 8.04. The average molecular weight is 317 g/mol. The van der Waals surface area contributed by atoms with E-state index in [1.807, 2.05) is 24.0 Å². The van der Waals surface area contributed by atoms with Crippen LogP contribution in [0.3, 0.4) is 0 Å². The fourth-order valence-electron chi connectivity index (χ4n) is 2.67. The number of rotatable bonds is 6. The van der Waals surface area contributed by atoms with Crippen molar-refractivity contribution in [2.45, 2.75) is 19.9 Å². The van der Waals surface area contributed by atoms with Crippen LogP contribution in [0.2, 0.25) is 4.34 Å². The minimum Gasteiger partial charge on any atom is -0.384 e. The van der Waals surface area contributed by atoms with Crippen molar-refractivity contribution in [2.75, 3.05) is 33.4 Å². The molecule has 1 unspecified atom stereocenters. The Kier molecular flexibility index (Phi) is 5.43. The lowest BCUT2D eigenvalue weighted by atomic mass is 9.86. The minimum absolute atomic E-state index is 0.177. The van der Waals surface area contributed by atoms with Crippen molar-refractivity contribution in [1.29, 1.82) is 0 Å². The summed E-state index contributed by atoms with van der Waals surface area (Å²) in [5.41, 5.74) is -0.411. The lowest BCUT2D eigenvalue weighted by molar-refractivity contribution is -0.144. The number of hydrogen-bond donors (Lipinski definition) is 1. The van der Waals surface area contributed by atoms with E-state index < -0.39 is 5.41 Å². The monoisotopic (exact) mass is 316 g/mol. The fourth-order valence-corrected chi connectivity index (χ4v) is 3.78. The van der Waals surface area contributed by atoms with E-state index in [0.717, 1.165) is 22.2 Å². The van der Waals surface area contributed by atoms with Crippen LogP contribution in [0.15, 0.2) is 12.1 Å². The largest absolute Gasteiger partial charge is 0.384 e. The van der Waals surface area contributed by atoms with Gasteiger partial charge in [0.2, 0.25) is 5.91 Å². The second-order valence-electron chi connectivity index (χ2n) is 5.17. The Morgan fingerprint density at radius 3 is 2.90 bits per heavy atom. The summed E-state index contributed by atoms with van der Waals surface area (Å²) < 4.78 is 6.05. The standard InChI is InChI=1S/C14H21ClN2O2S/c1-3-17(8-11-4-5-12(15)20-11)13(18)14(10-19-2)6-7-16-9-14/h4-5,16H,3,6-10H2,1-2H3. The van der Waals surface area contributed by atoms with Gasteiger partial charge in [-0.05, 0) is 32.0 Å². The molecule has 1 aliphatic rings. The Morgan fingerprint density at radius 1 is 1.60 bits per heavy atom. The first kappa shape index (κ1) is 15.8. The summed E-state index contributed by atoms with van der Waals surface area (Å²) in [7, 11) is 1.66. The van der Waals surface area contributed by atoms with Gasteiger partial charge in [0.15, 0.2) is 0 Å². The molecule has 0 aliphatic carbocycles. The predicted molar refractivity (Wildman–Crippen MR) is 82.2 cm³/mol. The van der Waals surface area contributed by atoms with Crippen molar-refractivity contribution in [3.63, 3.8) is 0 Å². The molecule has 0 spiro atoms. The van der Waals surface area contributed by atoms with E-state index in [1.165, 1.54) is 11.3 Å². The van der Waals surface area contributed by atoms with Crippen LogP contribution < -0.4 is 5.32 Å². The number of nitrogens with zero attached hydrogens (tertiary/aromatic N) is 1. The Morgan fingerprint density at radius 2 is 2.40 bits per heavy atom. The molecule has 2 rings (SSSR count). The molecule has 6 heteroatoms.